The maximum atomic E-state index is 11.5. The van der Waals surface area contributed by atoms with E-state index < -0.39 is 12.1 Å². The Balaban J connectivity index is 3.04. The van der Waals surface area contributed by atoms with E-state index in [9.17, 15) is 9.59 Å². The van der Waals surface area contributed by atoms with Crippen molar-refractivity contribution in [1.29, 1.82) is 0 Å². The van der Waals surface area contributed by atoms with Crippen LogP contribution in [0.3, 0.4) is 0 Å². The van der Waals surface area contributed by atoms with Gasteiger partial charge in [-0.05, 0) is 25.3 Å². The molecule has 0 fully saturated rings. The van der Waals surface area contributed by atoms with Gasteiger partial charge < -0.3 is 9.84 Å². The van der Waals surface area contributed by atoms with Crippen molar-refractivity contribution in [1.82, 2.24) is 4.98 Å². The van der Waals surface area contributed by atoms with Gasteiger partial charge in [-0.1, -0.05) is 0 Å². The van der Waals surface area contributed by atoms with Crippen LogP contribution in [-0.4, -0.2) is 35.0 Å². The first kappa shape index (κ1) is 13.3. The van der Waals surface area contributed by atoms with Crippen molar-refractivity contribution < 1.29 is 19.4 Å². The van der Waals surface area contributed by atoms with Crippen LogP contribution in [0.4, 0.5) is 10.6 Å². The number of amides is 1. The van der Waals surface area contributed by atoms with Gasteiger partial charge in [-0.2, -0.15) is 0 Å². The van der Waals surface area contributed by atoms with Crippen LogP contribution in [0.1, 0.15) is 17.4 Å². The minimum absolute atomic E-state index is 0.0856. The quantitative estimate of drug-likeness (QED) is 0.633. The van der Waals surface area contributed by atoms with Crippen LogP contribution in [0.5, 0.6) is 0 Å². The van der Waals surface area contributed by atoms with Gasteiger partial charge in [-0.3, -0.25) is 5.32 Å². The summed E-state index contributed by atoms with van der Waals surface area (Å²) in [6, 6.07) is 3.09. The van der Waals surface area contributed by atoms with Crippen molar-refractivity contribution in [3.8, 4) is 0 Å². The van der Waals surface area contributed by atoms with Crippen molar-refractivity contribution in [3.05, 3.63) is 17.8 Å². The molecule has 1 amide bonds. The SMILES string of the molecule is CCOC(=O)c1cc(SC)cc(NC(=O)O)n1. The lowest BCUT2D eigenvalue weighted by Crippen LogP contribution is -2.12. The number of hydrogen-bond acceptors (Lipinski definition) is 5. The summed E-state index contributed by atoms with van der Waals surface area (Å²) in [5.74, 6) is -0.468. The summed E-state index contributed by atoms with van der Waals surface area (Å²) in [5.41, 5.74) is 0.0856. The number of pyridine rings is 1. The molecule has 0 aliphatic heterocycles. The molecule has 0 bridgehead atoms. The van der Waals surface area contributed by atoms with Crippen molar-refractivity contribution in [2.75, 3.05) is 18.2 Å². The zero-order valence-corrected chi connectivity index (χ0v) is 10.2. The second-order valence-corrected chi connectivity index (χ2v) is 3.81. The summed E-state index contributed by atoms with van der Waals surface area (Å²) in [4.78, 5) is 26.6. The van der Waals surface area contributed by atoms with E-state index in [1.807, 2.05) is 6.26 Å². The number of esters is 1. The van der Waals surface area contributed by atoms with E-state index >= 15 is 0 Å². The van der Waals surface area contributed by atoms with E-state index in [0.717, 1.165) is 4.90 Å². The van der Waals surface area contributed by atoms with Crippen LogP contribution in [0, 0.1) is 0 Å². The molecule has 6 nitrogen and oxygen atoms in total. The molecule has 0 spiro atoms. The van der Waals surface area contributed by atoms with E-state index in [2.05, 4.69) is 10.3 Å². The molecule has 2 N–H and O–H groups in total. The topological polar surface area (TPSA) is 88.5 Å². The van der Waals surface area contributed by atoms with E-state index in [1.165, 1.54) is 11.8 Å². The second-order valence-electron chi connectivity index (χ2n) is 2.93. The third kappa shape index (κ3) is 3.95. The summed E-state index contributed by atoms with van der Waals surface area (Å²) in [6.07, 6.45) is 0.583. The Morgan fingerprint density at radius 3 is 2.76 bits per heavy atom. The molecule has 7 heteroatoms. The molecule has 0 radical (unpaired) electrons. The van der Waals surface area contributed by atoms with Crippen molar-refractivity contribution in [2.45, 2.75) is 11.8 Å². The predicted molar refractivity (Wildman–Crippen MR) is 63.6 cm³/mol. The highest BCUT2D eigenvalue weighted by Crippen LogP contribution is 2.19. The molecule has 1 aromatic rings. The van der Waals surface area contributed by atoms with Gasteiger partial charge >= 0.3 is 12.1 Å². The average molecular weight is 256 g/mol. The molecule has 0 atom stereocenters. The summed E-state index contributed by atoms with van der Waals surface area (Å²) in [7, 11) is 0. The standard InChI is InChI=1S/C10H12N2O4S/c1-3-16-9(13)7-4-6(17-2)5-8(11-7)12-10(14)15/h4-5H,3H2,1-2H3,(H,11,12)(H,14,15). The van der Waals surface area contributed by atoms with E-state index in [-0.39, 0.29) is 18.1 Å². The number of anilines is 1. The Bertz CT molecular complexity index is 436. The Morgan fingerprint density at radius 2 is 2.24 bits per heavy atom. The molecule has 0 aromatic carbocycles. The van der Waals surface area contributed by atoms with Crippen LogP contribution >= 0.6 is 11.8 Å². The Labute approximate surface area is 102 Å². The molecule has 17 heavy (non-hydrogen) atoms. The lowest BCUT2D eigenvalue weighted by molar-refractivity contribution is 0.0519. The summed E-state index contributed by atoms with van der Waals surface area (Å²) in [5, 5.41) is 10.7. The smallest absolute Gasteiger partial charge is 0.410 e. The fourth-order valence-corrected chi connectivity index (χ4v) is 1.57. The number of carboxylic acid groups (broad SMARTS) is 1. The van der Waals surface area contributed by atoms with Gasteiger partial charge in [0.2, 0.25) is 0 Å². The zero-order valence-electron chi connectivity index (χ0n) is 9.39. The Morgan fingerprint density at radius 1 is 1.53 bits per heavy atom. The fourth-order valence-electron chi connectivity index (χ4n) is 1.11. The number of thioether (sulfide) groups is 1. The van der Waals surface area contributed by atoms with E-state index in [4.69, 9.17) is 9.84 Å². The fraction of sp³-hybridized carbons (Fsp3) is 0.300. The minimum atomic E-state index is -1.23. The van der Waals surface area contributed by atoms with Gasteiger partial charge in [-0.25, -0.2) is 14.6 Å². The molecular formula is C10H12N2O4S. The van der Waals surface area contributed by atoms with Gasteiger partial charge in [-0.15, -0.1) is 11.8 Å². The third-order valence-electron chi connectivity index (χ3n) is 1.75. The highest BCUT2D eigenvalue weighted by Gasteiger charge is 2.12. The molecule has 92 valence electrons. The number of hydrogen-bond donors (Lipinski definition) is 2. The maximum absolute atomic E-state index is 11.5. The molecular weight excluding hydrogens is 244 g/mol. The van der Waals surface area contributed by atoms with Crippen molar-refractivity contribution in [2.24, 2.45) is 0 Å². The molecule has 1 heterocycles. The second kappa shape index (κ2) is 6.09. The first-order chi connectivity index (χ1) is 8.06. The van der Waals surface area contributed by atoms with E-state index in [1.54, 1.807) is 19.1 Å². The minimum Gasteiger partial charge on any atom is -0.465 e. The van der Waals surface area contributed by atoms with Gasteiger partial charge in [0, 0.05) is 4.90 Å². The lowest BCUT2D eigenvalue weighted by atomic mass is 10.3. The lowest BCUT2D eigenvalue weighted by Gasteiger charge is -2.06. The van der Waals surface area contributed by atoms with Crippen LogP contribution in [0.15, 0.2) is 17.0 Å². The van der Waals surface area contributed by atoms with Gasteiger partial charge in [0.25, 0.3) is 0 Å². The molecule has 0 aliphatic carbocycles. The molecule has 0 saturated heterocycles. The van der Waals surface area contributed by atoms with Crippen molar-refractivity contribution >= 4 is 29.6 Å². The number of nitrogens with zero attached hydrogens (tertiary/aromatic N) is 1. The largest absolute Gasteiger partial charge is 0.465 e. The van der Waals surface area contributed by atoms with Crippen LogP contribution in [0.25, 0.3) is 0 Å². The van der Waals surface area contributed by atoms with Gasteiger partial charge in [0.05, 0.1) is 6.61 Å². The Hall–Kier alpha value is -1.76. The predicted octanol–water partition coefficient (Wildman–Crippen LogP) is 2.07. The summed E-state index contributed by atoms with van der Waals surface area (Å²) < 4.78 is 4.80. The van der Waals surface area contributed by atoms with Gasteiger partial charge in [0.15, 0.2) is 5.69 Å². The number of rotatable bonds is 4. The maximum Gasteiger partial charge on any atom is 0.410 e. The van der Waals surface area contributed by atoms with Crippen molar-refractivity contribution in [3.63, 3.8) is 0 Å². The zero-order chi connectivity index (χ0) is 12.8. The van der Waals surface area contributed by atoms with Crippen LogP contribution in [0.2, 0.25) is 0 Å². The van der Waals surface area contributed by atoms with Crippen LogP contribution in [-0.2, 0) is 4.74 Å². The first-order valence-corrected chi connectivity index (χ1v) is 6.02. The molecule has 0 saturated carbocycles. The van der Waals surface area contributed by atoms with Gasteiger partial charge in [0.1, 0.15) is 5.82 Å². The summed E-state index contributed by atoms with van der Waals surface area (Å²) in [6.45, 7) is 1.93. The highest BCUT2D eigenvalue weighted by molar-refractivity contribution is 7.98. The molecule has 0 unspecified atom stereocenters. The monoisotopic (exact) mass is 256 g/mol. The third-order valence-corrected chi connectivity index (χ3v) is 2.46. The van der Waals surface area contributed by atoms with Crippen LogP contribution < -0.4 is 5.32 Å². The summed E-state index contributed by atoms with van der Waals surface area (Å²) >= 11 is 1.38. The number of carbonyl (C=O) groups excluding carboxylic acids is 1. The average Bonchev–Trinajstić information content (AvgIpc) is 2.28. The number of aromatic nitrogens is 1. The van der Waals surface area contributed by atoms with E-state index in [0.29, 0.717) is 0 Å². The molecule has 0 aliphatic rings. The number of carbonyl (C=O) groups is 2. The number of ether oxygens (including phenoxy) is 1. The molecule has 1 aromatic heterocycles. The normalized spacial score (nSPS) is 9.76. The highest BCUT2D eigenvalue weighted by atomic mass is 32.2. The number of nitrogens with one attached hydrogen (secondary N) is 1. The molecule has 1 rings (SSSR count). The first-order valence-electron chi connectivity index (χ1n) is 4.80. The Kier molecular flexibility index (Phi) is 4.77.